The predicted molar refractivity (Wildman–Crippen MR) is 119 cm³/mol. The number of hydrogen-bond donors (Lipinski definition) is 1. The van der Waals surface area contributed by atoms with Gasteiger partial charge in [-0.2, -0.15) is 0 Å². The first-order valence-corrected chi connectivity index (χ1v) is 10.9. The first-order chi connectivity index (χ1) is 15.1. The molecule has 1 atom stereocenters. The van der Waals surface area contributed by atoms with Crippen LogP contribution in [0.25, 0.3) is 0 Å². The van der Waals surface area contributed by atoms with Crippen LogP contribution >= 0.6 is 11.3 Å². The third-order valence-electron chi connectivity index (χ3n) is 5.28. The Morgan fingerprint density at radius 1 is 1.13 bits per heavy atom. The van der Waals surface area contributed by atoms with Crippen molar-refractivity contribution in [3.63, 3.8) is 0 Å². The van der Waals surface area contributed by atoms with E-state index in [0.29, 0.717) is 24.7 Å². The summed E-state index contributed by atoms with van der Waals surface area (Å²) in [6.45, 7) is 4.96. The maximum atomic E-state index is 12.7. The molecule has 0 radical (unpaired) electrons. The number of rotatable bonds is 7. The molecular formula is C23H26N2O5S. The van der Waals surface area contributed by atoms with Crippen LogP contribution in [0.3, 0.4) is 0 Å². The number of carbonyl (C=O) groups is 1. The lowest BCUT2D eigenvalue weighted by Gasteiger charge is -2.35. The SMILES string of the molecule is COc1ccc([C@@H](c2cc(C)sc2NC(=O)c2ccco2)N2CCOCC2)cc1OC. The monoisotopic (exact) mass is 442 g/mol. The molecule has 4 rings (SSSR count). The molecule has 3 aromatic rings. The Bertz CT molecular complexity index is 1020. The number of aryl methyl sites for hydroxylation is 1. The lowest BCUT2D eigenvalue weighted by molar-refractivity contribution is 0.0241. The average Bonchev–Trinajstić information content (AvgIpc) is 3.45. The summed E-state index contributed by atoms with van der Waals surface area (Å²) in [5, 5.41) is 3.86. The highest BCUT2D eigenvalue weighted by molar-refractivity contribution is 7.16. The number of carbonyl (C=O) groups excluding carboxylic acids is 1. The van der Waals surface area contributed by atoms with E-state index >= 15 is 0 Å². The Hall–Kier alpha value is -2.81. The van der Waals surface area contributed by atoms with Gasteiger partial charge >= 0.3 is 0 Å². The van der Waals surface area contributed by atoms with E-state index in [4.69, 9.17) is 18.6 Å². The lowest BCUT2D eigenvalue weighted by Crippen LogP contribution is -2.39. The topological polar surface area (TPSA) is 73.2 Å². The maximum Gasteiger partial charge on any atom is 0.291 e. The molecule has 1 amide bonds. The molecule has 164 valence electrons. The molecule has 0 unspecified atom stereocenters. The summed E-state index contributed by atoms with van der Waals surface area (Å²) in [5.41, 5.74) is 2.10. The van der Waals surface area contributed by atoms with Crippen LogP contribution < -0.4 is 14.8 Å². The van der Waals surface area contributed by atoms with Crippen molar-refractivity contribution in [3.05, 3.63) is 64.4 Å². The second-order valence-electron chi connectivity index (χ2n) is 7.24. The highest BCUT2D eigenvalue weighted by atomic mass is 32.1. The fraction of sp³-hybridized carbons (Fsp3) is 0.348. The predicted octanol–water partition coefficient (Wildman–Crippen LogP) is 4.34. The van der Waals surface area contributed by atoms with Crippen LogP contribution in [-0.2, 0) is 4.74 Å². The summed E-state index contributed by atoms with van der Waals surface area (Å²) in [5.74, 6) is 1.37. The second kappa shape index (κ2) is 9.55. The van der Waals surface area contributed by atoms with Crippen molar-refractivity contribution in [1.82, 2.24) is 4.90 Å². The molecule has 1 fully saturated rings. The van der Waals surface area contributed by atoms with E-state index in [9.17, 15) is 4.79 Å². The molecule has 8 heteroatoms. The van der Waals surface area contributed by atoms with E-state index in [2.05, 4.69) is 16.3 Å². The molecule has 31 heavy (non-hydrogen) atoms. The Morgan fingerprint density at radius 2 is 1.90 bits per heavy atom. The van der Waals surface area contributed by atoms with Crippen molar-refractivity contribution >= 4 is 22.2 Å². The molecule has 0 spiro atoms. The summed E-state index contributed by atoms with van der Waals surface area (Å²) >= 11 is 1.56. The number of furan rings is 1. The number of morpholine rings is 1. The van der Waals surface area contributed by atoms with Gasteiger partial charge < -0.3 is 23.9 Å². The van der Waals surface area contributed by atoms with Crippen LogP contribution in [0.15, 0.2) is 47.1 Å². The van der Waals surface area contributed by atoms with Crippen molar-refractivity contribution < 1.29 is 23.4 Å². The largest absolute Gasteiger partial charge is 0.493 e. The van der Waals surface area contributed by atoms with Crippen molar-refractivity contribution in [2.45, 2.75) is 13.0 Å². The molecule has 3 heterocycles. The van der Waals surface area contributed by atoms with Gasteiger partial charge in [-0.25, -0.2) is 0 Å². The van der Waals surface area contributed by atoms with Crippen LogP contribution in [0.2, 0.25) is 0 Å². The van der Waals surface area contributed by atoms with Crippen LogP contribution in [0.5, 0.6) is 11.5 Å². The fourth-order valence-corrected chi connectivity index (χ4v) is 4.79. The summed E-state index contributed by atoms with van der Waals surface area (Å²) in [7, 11) is 3.26. The van der Waals surface area contributed by atoms with Gasteiger partial charge in [0.1, 0.15) is 5.00 Å². The summed E-state index contributed by atoms with van der Waals surface area (Å²) < 4.78 is 21.8. The minimum absolute atomic E-state index is 0.0689. The van der Waals surface area contributed by atoms with Crippen molar-refractivity contribution in [1.29, 1.82) is 0 Å². The third-order valence-corrected chi connectivity index (χ3v) is 6.27. The van der Waals surface area contributed by atoms with E-state index in [1.54, 1.807) is 37.7 Å². The minimum Gasteiger partial charge on any atom is -0.493 e. The van der Waals surface area contributed by atoms with Gasteiger partial charge in [-0.05, 0) is 42.8 Å². The van der Waals surface area contributed by atoms with Gasteiger partial charge in [0.05, 0.1) is 39.7 Å². The first-order valence-electron chi connectivity index (χ1n) is 10.1. The second-order valence-corrected chi connectivity index (χ2v) is 8.49. The number of amides is 1. The zero-order valence-electron chi connectivity index (χ0n) is 17.8. The molecule has 1 aliphatic heterocycles. The van der Waals surface area contributed by atoms with Gasteiger partial charge in [-0.3, -0.25) is 9.69 Å². The molecule has 1 saturated heterocycles. The maximum absolute atomic E-state index is 12.7. The molecule has 2 aromatic heterocycles. The van der Waals surface area contributed by atoms with Crippen LogP contribution in [0, 0.1) is 6.92 Å². The fourth-order valence-electron chi connectivity index (χ4n) is 3.85. The summed E-state index contributed by atoms with van der Waals surface area (Å²) in [6.07, 6.45) is 1.50. The van der Waals surface area contributed by atoms with Gasteiger partial charge in [-0.15, -0.1) is 11.3 Å². The van der Waals surface area contributed by atoms with E-state index in [1.807, 2.05) is 25.1 Å². The third kappa shape index (κ3) is 4.61. The molecular weight excluding hydrogens is 416 g/mol. The number of methoxy groups -OCH3 is 2. The van der Waals surface area contributed by atoms with Crippen LogP contribution in [-0.4, -0.2) is 51.3 Å². The minimum atomic E-state index is -0.263. The number of hydrogen-bond acceptors (Lipinski definition) is 7. The average molecular weight is 443 g/mol. The highest BCUT2D eigenvalue weighted by Gasteiger charge is 2.29. The van der Waals surface area contributed by atoms with Gasteiger partial charge in [-0.1, -0.05) is 6.07 Å². The standard InChI is InChI=1S/C23H26N2O5S/c1-15-13-17(23(31-15)24-22(26)19-5-4-10-30-19)21(25-8-11-29-12-9-25)16-6-7-18(27-2)20(14-16)28-3/h4-7,10,13-14,21H,8-9,11-12H2,1-3H3,(H,24,26)/t21-/m0/s1. The molecule has 0 bridgehead atoms. The van der Waals surface area contributed by atoms with Gasteiger partial charge in [0.2, 0.25) is 0 Å². The van der Waals surface area contributed by atoms with Crippen molar-refractivity contribution in [2.24, 2.45) is 0 Å². The normalized spacial score (nSPS) is 15.5. The number of benzene rings is 1. The molecule has 0 aliphatic carbocycles. The van der Waals surface area contributed by atoms with Crippen LogP contribution in [0.4, 0.5) is 5.00 Å². The van der Waals surface area contributed by atoms with Gasteiger partial charge in [0.15, 0.2) is 17.3 Å². The van der Waals surface area contributed by atoms with E-state index in [1.165, 1.54) is 6.26 Å². The first kappa shape index (κ1) is 21.4. The smallest absolute Gasteiger partial charge is 0.291 e. The van der Waals surface area contributed by atoms with E-state index < -0.39 is 0 Å². The summed E-state index contributed by atoms with van der Waals surface area (Å²) in [4.78, 5) is 16.2. The van der Waals surface area contributed by atoms with E-state index in [0.717, 1.165) is 34.1 Å². The molecule has 1 aromatic carbocycles. The Labute approximate surface area is 185 Å². The van der Waals surface area contributed by atoms with Gasteiger partial charge in [0, 0.05) is 23.5 Å². The Morgan fingerprint density at radius 3 is 2.58 bits per heavy atom. The Kier molecular flexibility index (Phi) is 6.60. The number of ether oxygens (including phenoxy) is 3. The lowest BCUT2D eigenvalue weighted by atomic mass is 9.97. The number of thiophene rings is 1. The highest BCUT2D eigenvalue weighted by Crippen LogP contribution is 2.41. The van der Waals surface area contributed by atoms with Gasteiger partial charge in [0.25, 0.3) is 5.91 Å². The molecule has 1 N–H and O–H groups in total. The zero-order chi connectivity index (χ0) is 21.8. The number of nitrogens with zero attached hydrogens (tertiary/aromatic N) is 1. The van der Waals surface area contributed by atoms with Crippen molar-refractivity contribution in [3.8, 4) is 11.5 Å². The molecule has 1 aliphatic rings. The van der Waals surface area contributed by atoms with E-state index in [-0.39, 0.29) is 17.7 Å². The number of nitrogens with one attached hydrogen (secondary N) is 1. The summed E-state index contributed by atoms with van der Waals surface area (Å²) in [6, 6.07) is 11.4. The zero-order valence-corrected chi connectivity index (χ0v) is 18.7. The quantitative estimate of drug-likeness (QED) is 0.587. The number of anilines is 1. The van der Waals surface area contributed by atoms with Crippen LogP contribution in [0.1, 0.15) is 32.6 Å². The molecule has 0 saturated carbocycles. The van der Waals surface area contributed by atoms with Crippen molar-refractivity contribution in [2.75, 3.05) is 45.8 Å². The molecule has 7 nitrogen and oxygen atoms in total. The Balaban J connectivity index is 1.75.